The molecule has 2 N–H and O–H groups in total. The summed E-state index contributed by atoms with van der Waals surface area (Å²) in [6.07, 6.45) is 5.01. The second-order valence-corrected chi connectivity index (χ2v) is 12.6. The van der Waals surface area contributed by atoms with Crippen LogP contribution in [0.5, 0.6) is 0 Å². The van der Waals surface area contributed by atoms with E-state index in [1.165, 1.54) is 5.57 Å². The summed E-state index contributed by atoms with van der Waals surface area (Å²) in [5, 5.41) is 23.2. The number of Topliss-reactive ketones (excluding diaryl/α,β-unsaturated/α-hetero) is 1. The molecule has 0 aliphatic carbocycles. The first-order valence-corrected chi connectivity index (χ1v) is 14.5. The molecule has 2 aromatic rings. The third-order valence-electron chi connectivity index (χ3n) is 7.92. The van der Waals surface area contributed by atoms with Crippen molar-refractivity contribution in [1.82, 2.24) is 4.98 Å². The van der Waals surface area contributed by atoms with Gasteiger partial charge >= 0.3 is 5.97 Å². The number of aryl methyl sites for hydroxylation is 1. The van der Waals surface area contributed by atoms with Crippen molar-refractivity contribution >= 4 is 33.3 Å². The summed E-state index contributed by atoms with van der Waals surface area (Å²) in [6, 6.07) is 5.94. The molecule has 0 amide bonds. The monoisotopic (exact) mass is 541 g/mol. The maximum atomic E-state index is 13.7. The van der Waals surface area contributed by atoms with E-state index < -0.39 is 35.6 Å². The first-order valence-electron chi connectivity index (χ1n) is 13.7. The fraction of sp³-hybridized carbons (Fsp3) is 0.581. The SMILES string of the molecule is C=CCC[C@H]1C(=O)C(C)(C)[C@@H](O)CC(=O)O[C@H](c2ccc3sc(C)nc3c2)C/C=C(/C)CCC[C@H](C)[C@@H]1O. The number of ketones is 1. The highest BCUT2D eigenvalue weighted by atomic mass is 32.1. The fourth-order valence-electron chi connectivity index (χ4n) is 5.21. The molecule has 6 nitrogen and oxygen atoms in total. The number of cyclic esters (lactones) is 1. The van der Waals surface area contributed by atoms with E-state index in [0.717, 1.165) is 40.1 Å². The zero-order valence-electron chi connectivity index (χ0n) is 23.4. The summed E-state index contributed by atoms with van der Waals surface area (Å²) in [4.78, 5) is 31.4. The summed E-state index contributed by atoms with van der Waals surface area (Å²) in [7, 11) is 0. The highest BCUT2D eigenvalue weighted by Gasteiger charge is 2.43. The van der Waals surface area contributed by atoms with Crippen molar-refractivity contribution in [2.75, 3.05) is 0 Å². The van der Waals surface area contributed by atoms with Crippen LogP contribution >= 0.6 is 11.3 Å². The second-order valence-electron chi connectivity index (χ2n) is 11.4. The minimum atomic E-state index is -1.24. The lowest BCUT2D eigenvalue weighted by atomic mass is 9.71. The molecule has 2 heterocycles. The van der Waals surface area contributed by atoms with Crippen LogP contribution in [-0.4, -0.2) is 39.2 Å². The minimum absolute atomic E-state index is 0.0755. The third kappa shape index (κ3) is 7.39. The Balaban J connectivity index is 1.93. The van der Waals surface area contributed by atoms with Gasteiger partial charge in [-0.05, 0) is 69.6 Å². The van der Waals surface area contributed by atoms with Crippen molar-refractivity contribution in [3.8, 4) is 0 Å². The maximum Gasteiger partial charge on any atom is 0.309 e. The Labute approximate surface area is 230 Å². The number of aromatic nitrogens is 1. The Morgan fingerprint density at radius 1 is 1.24 bits per heavy atom. The zero-order valence-corrected chi connectivity index (χ0v) is 24.2. The standard InChI is InChI=1S/C31H43NO5S/c1-7-8-12-23-29(35)20(3)11-9-10-19(2)13-15-25(22-14-16-26-24(17-22)32-21(4)38-26)37-28(34)18-27(33)31(5,6)30(23)36/h7,13-14,16-17,20,23,25,27,29,33,35H,1,8-12,15,18H2,2-6H3/b19-13-/t20-,23+,25-,27-,29-/m0/s1. The number of aliphatic hydroxyl groups excluding tert-OH is 2. The van der Waals surface area contributed by atoms with Gasteiger partial charge in [0.15, 0.2) is 0 Å². The van der Waals surface area contributed by atoms with Gasteiger partial charge in [-0.15, -0.1) is 17.9 Å². The number of fused-ring (bicyclic) bond motifs is 1. The lowest BCUT2D eigenvalue weighted by Crippen LogP contribution is -2.46. The maximum absolute atomic E-state index is 13.7. The number of benzene rings is 1. The van der Waals surface area contributed by atoms with Crippen molar-refractivity contribution < 1.29 is 24.5 Å². The van der Waals surface area contributed by atoms with Crippen LogP contribution in [0.25, 0.3) is 10.2 Å². The van der Waals surface area contributed by atoms with Crippen molar-refractivity contribution in [2.24, 2.45) is 17.3 Å². The molecule has 0 radical (unpaired) electrons. The molecule has 208 valence electrons. The molecule has 1 aromatic carbocycles. The van der Waals surface area contributed by atoms with Gasteiger partial charge in [0.25, 0.3) is 0 Å². The molecule has 7 heteroatoms. The van der Waals surface area contributed by atoms with Crippen LogP contribution in [0.1, 0.15) is 89.3 Å². The highest BCUT2D eigenvalue weighted by molar-refractivity contribution is 7.18. The predicted octanol–water partition coefficient (Wildman–Crippen LogP) is 6.64. The number of allylic oxidation sites excluding steroid dienone is 2. The fourth-order valence-corrected chi connectivity index (χ4v) is 6.02. The summed E-state index contributed by atoms with van der Waals surface area (Å²) in [5.41, 5.74) is 1.68. The molecule has 0 saturated heterocycles. The molecular formula is C31H43NO5S. The van der Waals surface area contributed by atoms with Gasteiger partial charge in [-0.25, -0.2) is 4.98 Å². The number of rotatable bonds is 4. The molecule has 1 aliphatic heterocycles. The second kappa shape index (κ2) is 13.1. The van der Waals surface area contributed by atoms with Crippen LogP contribution in [0.15, 0.2) is 42.5 Å². The number of hydrogen-bond donors (Lipinski definition) is 2. The molecule has 1 aromatic heterocycles. The van der Waals surface area contributed by atoms with Crippen LogP contribution in [0.4, 0.5) is 0 Å². The molecular weight excluding hydrogens is 498 g/mol. The number of esters is 1. The molecule has 3 rings (SSSR count). The first-order chi connectivity index (χ1) is 17.9. The summed E-state index contributed by atoms with van der Waals surface area (Å²) >= 11 is 1.62. The van der Waals surface area contributed by atoms with E-state index in [4.69, 9.17) is 4.74 Å². The van der Waals surface area contributed by atoms with Gasteiger partial charge in [0.05, 0.1) is 39.3 Å². The number of carbonyl (C=O) groups is 2. The molecule has 38 heavy (non-hydrogen) atoms. The normalized spacial score (nSPS) is 29.4. The van der Waals surface area contributed by atoms with Crippen LogP contribution in [-0.2, 0) is 14.3 Å². The topological polar surface area (TPSA) is 96.7 Å². The Bertz CT molecular complexity index is 1170. The number of nitrogens with zero attached hydrogens (tertiary/aromatic N) is 1. The molecule has 0 fully saturated rings. The number of thiazole rings is 1. The molecule has 0 bridgehead atoms. The average molecular weight is 542 g/mol. The molecule has 1 aliphatic rings. The van der Waals surface area contributed by atoms with Crippen molar-refractivity contribution in [3.63, 3.8) is 0 Å². The van der Waals surface area contributed by atoms with Gasteiger partial charge in [-0.2, -0.15) is 0 Å². The summed E-state index contributed by atoms with van der Waals surface area (Å²) < 4.78 is 7.01. The van der Waals surface area contributed by atoms with Gasteiger partial charge in [0.2, 0.25) is 0 Å². The van der Waals surface area contributed by atoms with Gasteiger partial charge < -0.3 is 14.9 Å². The van der Waals surface area contributed by atoms with Gasteiger partial charge in [-0.1, -0.05) is 44.6 Å². The molecule has 5 atom stereocenters. The Hall–Kier alpha value is -2.35. The van der Waals surface area contributed by atoms with Crippen molar-refractivity contribution in [3.05, 3.63) is 53.1 Å². The minimum Gasteiger partial charge on any atom is -0.457 e. The highest BCUT2D eigenvalue weighted by Crippen LogP contribution is 2.35. The molecule has 0 saturated carbocycles. The molecule has 0 spiro atoms. The number of hydrogen-bond acceptors (Lipinski definition) is 7. The van der Waals surface area contributed by atoms with Crippen LogP contribution in [0, 0.1) is 24.2 Å². The smallest absolute Gasteiger partial charge is 0.309 e. The van der Waals surface area contributed by atoms with E-state index in [0.29, 0.717) is 19.3 Å². The number of aliphatic hydroxyl groups is 2. The van der Waals surface area contributed by atoms with E-state index in [1.807, 2.05) is 32.0 Å². The van der Waals surface area contributed by atoms with Gasteiger partial charge in [0, 0.05) is 12.3 Å². The number of ether oxygens (including phenoxy) is 1. The lowest BCUT2D eigenvalue weighted by Gasteiger charge is -2.36. The van der Waals surface area contributed by atoms with E-state index in [9.17, 15) is 19.8 Å². The first kappa shape index (κ1) is 30.2. The average Bonchev–Trinajstić information content (AvgIpc) is 3.24. The van der Waals surface area contributed by atoms with Gasteiger partial charge in [0.1, 0.15) is 11.9 Å². The molecule has 0 unspecified atom stereocenters. The van der Waals surface area contributed by atoms with E-state index in [-0.39, 0.29) is 18.1 Å². The van der Waals surface area contributed by atoms with Crippen LogP contribution in [0.3, 0.4) is 0 Å². The summed E-state index contributed by atoms with van der Waals surface area (Å²) in [5.74, 6) is -1.52. The zero-order chi connectivity index (χ0) is 28.0. The summed E-state index contributed by atoms with van der Waals surface area (Å²) in [6.45, 7) is 13.1. The quantitative estimate of drug-likeness (QED) is 0.333. The van der Waals surface area contributed by atoms with E-state index in [2.05, 4.69) is 24.6 Å². The number of carbonyl (C=O) groups excluding carboxylic acids is 2. The van der Waals surface area contributed by atoms with Crippen molar-refractivity contribution in [2.45, 2.75) is 97.9 Å². The largest absolute Gasteiger partial charge is 0.457 e. The third-order valence-corrected chi connectivity index (χ3v) is 8.87. The van der Waals surface area contributed by atoms with Gasteiger partial charge in [-0.3, -0.25) is 9.59 Å². The van der Waals surface area contributed by atoms with Crippen LogP contribution < -0.4 is 0 Å². The van der Waals surface area contributed by atoms with E-state index >= 15 is 0 Å². The van der Waals surface area contributed by atoms with Crippen LogP contribution in [0.2, 0.25) is 0 Å². The lowest BCUT2D eigenvalue weighted by molar-refractivity contribution is -0.156. The Morgan fingerprint density at radius 2 is 1.97 bits per heavy atom. The van der Waals surface area contributed by atoms with E-state index in [1.54, 1.807) is 31.3 Å². The Morgan fingerprint density at radius 3 is 2.68 bits per heavy atom. The van der Waals surface area contributed by atoms with Crippen molar-refractivity contribution in [1.29, 1.82) is 0 Å². The predicted molar refractivity (Wildman–Crippen MR) is 153 cm³/mol. The Kier molecular flexibility index (Phi) is 10.4.